The van der Waals surface area contributed by atoms with Crippen LogP contribution in [0.3, 0.4) is 0 Å². The monoisotopic (exact) mass is 513 g/mol. The van der Waals surface area contributed by atoms with Crippen molar-refractivity contribution in [2.45, 2.75) is 69.4 Å². The molecule has 7 N–H and O–H groups in total. The molecule has 37 heavy (non-hydrogen) atoms. The van der Waals surface area contributed by atoms with Crippen LogP contribution in [0.1, 0.15) is 75.8 Å². The fraction of sp³-hybridized carbons (Fsp3) is 0.423. The van der Waals surface area contributed by atoms with E-state index in [1.54, 1.807) is 6.92 Å². The Labute approximate surface area is 211 Å². The Balaban J connectivity index is 1.68. The largest absolute Gasteiger partial charge is 0.507 e. The number of carbonyl (C=O) groups excluding carboxylic acids is 3. The van der Waals surface area contributed by atoms with Crippen LogP contribution >= 0.6 is 0 Å². The van der Waals surface area contributed by atoms with E-state index in [-0.39, 0.29) is 35.1 Å². The molecule has 2 aromatic rings. The number of phenols is 3. The third kappa shape index (κ3) is 3.73. The number of benzene rings is 2. The number of ether oxygens (including phenoxy) is 2. The molecular formula is C26H27NO10. The number of hydrogen-bond acceptors (Lipinski definition) is 11. The number of carbonyl (C=O) groups is 3. The fourth-order valence-corrected chi connectivity index (χ4v) is 5.50. The molecule has 0 unspecified atom stereocenters. The zero-order chi connectivity index (χ0) is 27.0. The number of aliphatic hydroxyl groups is 2. The van der Waals surface area contributed by atoms with Crippen molar-refractivity contribution < 1.29 is 49.4 Å². The second kappa shape index (κ2) is 8.61. The van der Waals surface area contributed by atoms with Gasteiger partial charge < -0.3 is 40.7 Å². The van der Waals surface area contributed by atoms with Crippen LogP contribution in [0.2, 0.25) is 0 Å². The third-order valence-electron chi connectivity index (χ3n) is 7.59. The van der Waals surface area contributed by atoms with Crippen molar-refractivity contribution in [2.75, 3.05) is 0 Å². The van der Waals surface area contributed by atoms with Gasteiger partial charge in [-0.25, -0.2) is 0 Å². The van der Waals surface area contributed by atoms with Gasteiger partial charge in [0.2, 0.25) is 5.78 Å². The number of aliphatic hydroxyl groups excluding tert-OH is 1. The summed E-state index contributed by atoms with van der Waals surface area (Å²) in [5.74, 6) is -4.13. The molecule has 11 nitrogen and oxygen atoms in total. The first-order valence-electron chi connectivity index (χ1n) is 11.9. The topological polar surface area (TPSA) is 197 Å². The van der Waals surface area contributed by atoms with E-state index in [2.05, 4.69) is 0 Å². The molecule has 0 spiro atoms. The lowest BCUT2D eigenvalue weighted by Gasteiger charge is -2.42. The summed E-state index contributed by atoms with van der Waals surface area (Å²) in [6, 6.07) is 3.20. The lowest BCUT2D eigenvalue weighted by Crippen LogP contribution is -2.52. The van der Waals surface area contributed by atoms with Crippen LogP contribution in [0, 0.1) is 0 Å². The van der Waals surface area contributed by atoms with E-state index < -0.39 is 88.4 Å². The average Bonchev–Trinajstić information content (AvgIpc) is 2.82. The quantitative estimate of drug-likeness (QED) is 0.270. The van der Waals surface area contributed by atoms with Gasteiger partial charge in [0.25, 0.3) is 0 Å². The maximum atomic E-state index is 13.4. The number of fused-ring (bicyclic) bond motifs is 3. The van der Waals surface area contributed by atoms with Gasteiger partial charge in [-0.15, -0.1) is 0 Å². The predicted molar refractivity (Wildman–Crippen MR) is 125 cm³/mol. The van der Waals surface area contributed by atoms with Crippen LogP contribution in [0.15, 0.2) is 18.2 Å². The van der Waals surface area contributed by atoms with E-state index in [0.29, 0.717) is 0 Å². The highest BCUT2D eigenvalue weighted by Crippen LogP contribution is 2.52. The molecule has 3 aliphatic rings. The SMILES string of the molecule is CC(=O)[C@]1(O)Cc2c(O)c3c(c(O)c2[C@H](O[C@@H]2C[C@H](N)[C@H](O)[C@H](C)O2)C1)C(=O)c1c(O)cccc1C3=O. The molecule has 1 saturated heterocycles. The molecule has 196 valence electrons. The van der Waals surface area contributed by atoms with Gasteiger partial charge in [0, 0.05) is 42.0 Å². The Morgan fingerprint density at radius 1 is 1.11 bits per heavy atom. The van der Waals surface area contributed by atoms with Crippen molar-refractivity contribution in [3.05, 3.63) is 51.6 Å². The van der Waals surface area contributed by atoms with Gasteiger partial charge >= 0.3 is 0 Å². The average molecular weight is 513 g/mol. The number of ketones is 3. The molecule has 0 saturated carbocycles. The minimum Gasteiger partial charge on any atom is -0.507 e. The highest BCUT2D eigenvalue weighted by atomic mass is 16.7. The number of aromatic hydroxyl groups is 3. The van der Waals surface area contributed by atoms with Crippen LogP contribution in [0.4, 0.5) is 0 Å². The summed E-state index contributed by atoms with van der Waals surface area (Å²) in [4.78, 5) is 39.1. The summed E-state index contributed by atoms with van der Waals surface area (Å²) in [5, 5.41) is 54.1. The van der Waals surface area contributed by atoms with Crippen molar-refractivity contribution in [3.8, 4) is 17.2 Å². The molecule has 2 aromatic carbocycles. The standard InChI is InChI=1S/C26H27NO10/c1-9-21(30)13(27)6-16(36-9)37-15-8-26(35,10(2)28)7-12-18(15)25(34)20-19(23(12)32)22(31)11-4-3-5-14(29)17(11)24(20)33/h3-5,9,13,15-16,21,29-30,32,34-35H,6-8,27H2,1-2H3/t9-,13-,15+,16+,21+,26-/m0/s1. The Morgan fingerprint density at radius 3 is 2.43 bits per heavy atom. The van der Waals surface area contributed by atoms with Crippen molar-refractivity contribution in [2.24, 2.45) is 5.73 Å². The second-order valence-corrected chi connectivity index (χ2v) is 9.95. The van der Waals surface area contributed by atoms with E-state index in [1.165, 1.54) is 18.2 Å². The molecule has 6 atom stereocenters. The van der Waals surface area contributed by atoms with Gasteiger partial charge in [0.15, 0.2) is 17.9 Å². The van der Waals surface area contributed by atoms with E-state index >= 15 is 0 Å². The summed E-state index contributed by atoms with van der Waals surface area (Å²) in [6.45, 7) is 2.76. The second-order valence-electron chi connectivity index (χ2n) is 9.95. The normalized spacial score (nSPS) is 30.9. The first-order valence-corrected chi connectivity index (χ1v) is 11.9. The Kier molecular flexibility index (Phi) is 5.89. The maximum Gasteiger partial charge on any atom is 0.202 e. The highest BCUT2D eigenvalue weighted by Gasteiger charge is 2.49. The molecule has 0 aromatic heterocycles. The van der Waals surface area contributed by atoms with Crippen molar-refractivity contribution >= 4 is 17.3 Å². The first-order chi connectivity index (χ1) is 17.4. The van der Waals surface area contributed by atoms with Gasteiger partial charge in [0.05, 0.1) is 35.0 Å². The van der Waals surface area contributed by atoms with Crippen molar-refractivity contribution in [1.82, 2.24) is 0 Å². The zero-order valence-corrected chi connectivity index (χ0v) is 20.1. The van der Waals surface area contributed by atoms with Gasteiger partial charge in [-0.05, 0) is 19.9 Å². The van der Waals surface area contributed by atoms with Crippen molar-refractivity contribution in [3.63, 3.8) is 0 Å². The molecular weight excluding hydrogens is 486 g/mol. The number of nitrogens with two attached hydrogens (primary N) is 1. The summed E-state index contributed by atoms with van der Waals surface area (Å²) in [7, 11) is 0. The Hall–Kier alpha value is -3.35. The van der Waals surface area contributed by atoms with E-state index in [9.17, 15) is 39.9 Å². The van der Waals surface area contributed by atoms with Crippen LogP contribution in [0.25, 0.3) is 0 Å². The van der Waals surface area contributed by atoms with Crippen LogP contribution in [0.5, 0.6) is 17.2 Å². The number of Topliss-reactive ketones (excluding diaryl/α,β-unsaturated/α-hetero) is 1. The molecule has 1 fully saturated rings. The molecule has 2 aliphatic carbocycles. The van der Waals surface area contributed by atoms with Gasteiger partial charge in [-0.2, -0.15) is 0 Å². The fourth-order valence-electron chi connectivity index (χ4n) is 5.50. The Bertz CT molecular complexity index is 1340. The van der Waals surface area contributed by atoms with E-state index in [1.807, 2.05) is 0 Å². The molecule has 0 bridgehead atoms. The van der Waals surface area contributed by atoms with Crippen molar-refractivity contribution in [1.29, 1.82) is 0 Å². The number of rotatable bonds is 3. The minimum absolute atomic E-state index is 0.0478. The zero-order valence-electron chi connectivity index (χ0n) is 20.1. The maximum absolute atomic E-state index is 13.4. The molecule has 1 heterocycles. The van der Waals surface area contributed by atoms with Gasteiger partial charge in [-0.3, -0.25) is 14.4 Å². The highest BCUT2D eigenvalue weighted by molar-refractivity contribution is 6.31. The summed E-state index contributed by atoms with van der Waals surface area (Å²) < 4.78 is 11.7. The number of hydrogen-bond donors (Lipinski definition) is 6. The Morgan fingerprint density at radius 2 is 1.78 bits per heavy atom. The lowest BCUT2D eigenvalue weighted by molar-refractivity contribution is -0.247. The first kappa shape index (κ1) is 25.3. The number of phenolic OH excluding ortho intramolecular Hbond substituents is 3. The van der Waals surface area contributed by atoms with E-state index in [4.69, 9.17) is 15.2 Å². The predicted octanol–water partition coefficient (Wildman–Crippen LogP) is 0.726. The van der Waals surface area contributed by atoms with Gasteiger partial charge in [0.1, 0.15) is 22.8 Å². The molecule has 11 heteroatoms. The molecule has 0 amide bonds. The van der Waals surface area contributed by atoms with Gasteiger partial charge in [-0.1, -0.05) is 12.1 Å². The summed E-state index contributed by atoms with van der Waals surface area (Å²) in [6.07, 6.45) is -4.68. The minimum atomic E-state index is -2.02. The summed E-state index contributed by atoms with van der Waals surface area (Å²) in [5.41, 5.74) is 2.29. The lowest BCUT2D eigenvalue weighted by atomic mass is 9.72. The van der Waals surface area contributed by atoms with E-state index in [0.717, 1.165) is 6.92 Å². The third-order valence-corrected chi connectivity index (χ3v) is 7.59. The van der Waals surface area contributed by atoms with Crippen LogP contribution in [-0.4, -0.2) is 73.0 Å². The van der Waals surface area contributed by atoms with Crippen LogP contribution < -0.4 is 5.73 Å². The van der Waals surface area contributed by atoms with Crippen LogP contribution in [-0.2, 0) is 20.7 Å². The molecule has 0 radical (unpaired) electrons. The summed E-state index contributed by atoms with van der Waals surface area (Å²) >= 11 is 0. The molecule has 1 aliphatic heterocycles. The molecule has 5 rings (SSSR count). The smallest absolute Gasteiger partial charge is 0.202 e.